The van der Waals surface area contributed by atoms with E-state index in [0.717, 1.165) is 16.6 Å². The Balaban J connectivity index is 1.85. The lowest BCUT2D eigenvalue weighted by molar-refractivity contribution is 1.01. The van der Waals surface area contributed by atoms with E-state index in [9.17, 15) is 0 Å². The molecule has 2 aromatic heterocycles. The van der Waals surface area contributed by atoms with Gasteiger partial charge in [0.1, 0.15) is 0 Å². The molecule has 0 aliphatic carbocycles. The van der Waals surface area contributed by atoms with Gasteiger partial charge in [-0.3, -0.25) is 10.2 Å². The van der Waals surface area contributed by atoms with Gasteiger partial charge in [0.25, 0.3) is 0 Å². The maximum atomic E-state index is 4.94. The second-order valence-electron chi connectivity index (χ2n) is 2.09. The van der Waals surface area contributed by atoms with Gasteiger partial charge in [0.2, 0.25) is 0 Å². The van der Waals surface area contributed by atoms with Crippen molar-refractivity contribution in [2.24, 2.45) is 0 Å². The summed E-state index contributed by atoms with van der Waals surface area (Å²) in [6.45, 7) is 0. The second kappa shape index (κ2) is 5.93. The number of rotatable bonds is 4. The van der Waals surface area contributed by atoms with Gasteiger partial charge in [0.05, 0.1) is 0 Å². The predicted molar refractivity (Wildman–Crippen MR) is 72.1 cm³/mol. The third-order valence-corrected chi connectivity index (χ3v) is 9.43. The minimum absolute atomic E-state index is 0.124. The van der Waals surface area contributed by atoms with Gasteiger partial charge >= 0.3 is 13.0 Å². The lowest BCUT2D eigenvalue weighted by atomic mass is 11.6. The van der Waals surface area contributed by atoms with Crippen molar-refractivity contribution in [3.05, 3.63) is 7.91 Å². The highest BCUT2D eigenvalue weighted by Gasteiger charge is 2.04. The molecule has 0 atom stereocenters. The summed E-state index contributed by atoms with van der Waals surface area (Å²) in [6, 6.07) is 0. The maximum absolute atomic E-state index is 4.94. The summed E-state index contributed by atoms with van der Waals surface area (Å²) in [7, 11) is 3.44. The largest absolute Gasteiger partial charge is 0.415 e. The fraction of sp³-hybridized carbons (Fsp3) is 0. The normalized spacial score (nSPS) is 10.4. The zero-order chi connectivity index (χ0) is 10.7. The maximum Gasteiger partial charge on any atom is 0.415 e. The minimum Gasteiger partial charge on any atom is -0.257 e. The van der Waals surface area contributed by atoms with Crippen LogP contribution in [0, 0.1) is 7.91 Å². The van der Waals surface area contributed by atoms with Crippen LogP contribution in [0.1, 0.15) is 0 Å². The molecule has 0 aliphatic rings. The first kappa shape index (κ1) is 12.3. The number of hydrogen-bond donors (Lipinski definition) is 2. The average molecular weight is 325 g/mol. The standard InChI is InChI=1S/2C2H2N2S3.Al/c2*5-1-3-4-2(6)7-1;/h2*(H,3,5)(H,4,6);/q;;+2/p-2. The Labute approximate surface area is 116 Å². The molecular formula is C4H2AlN4S6. The van der Waals surface area contributed by atoms with Crippen molar-refractivity contribution >= 4 is 80.3 Å². The Hall–Kier alpha value is 0.792. The molecule has 2 rings (SSSR count). The highest BCUT2D eigenvalue weighted by atomic mass is 32.5. The highest BCUT2D eigenvalue weighted by Crippen LogP contribution is 2.27. The van der Waals surface area contributed by atoms with E-state index >= 15 is 0 Å². The Morgan fingerprint density at radius 2 is 1.47 bits per heavy atom. The molecule has 1 radical (unpaired) electrons. The van der Waals surface area contributed by atoms with Crippen molar-refractivity contribution in [1.82, 2.24) is 20.4 Å². The monoisotopic (exact) mass is 325 g/mol. The number of nitrogens with zero attached hydrogens (tertiary/aromatic N) is 2. The van der Waals surface area contributed by atoms with Crippen LogP contribution in [-0.4, -0.2) is 33.3 Å². The van der Waals surface area contributed by atoms with Crippen LogP contribution >= 0.6 is 67.4 Å². The molecule has 0 saturated carbocycles. The zero-order valence-electron chi connectivity index (χ0n) is 6.92. The summed E-state index contributed by atoms with van der Waals surface area (Å²) in [5, 5.41) is 13.6. The quantitative estimate of drug-likeness (QED) is 0.665. The first-order valence-corrected chi connectivity index (χ1v) is 10.5. The molecule has 0 spiro atoms. The van der Waals surface area contributed by atoms with Crippen LogP contribution in [0.25, 0.3) is 0 Å². The van der Waals surface area contributed by atoms with E-state index in [1.807, 2.05) is 0 Å². The predicted octanol–water partition coefficient (Wildman–Crippen LogP) is 3.13. The van der Waals surface area contributed by atoms with Crippen LogP contribution in [0.15, 0.2) is 8.68 Å². The van der Waals surface area contributed by atoms with E-state index < -0.39 is 0 Å². The number of hydrogen-bond acceptors (Lipinski definition) is 8. The van der Waals surface area contributed by atoms with Gasteiger partial charge in [-0.2, -0.15) is 30.5 Å². The van der Waals surface area contributed by atoms with E-state index in [4.69, 9.17) is 24.4 Å². The van der Waals surface area contributed by atoms with Crippen LogP contribution in [0.5, 0.6) is 0 Å². The molecule has 2 heterocycles. The van der Waals surface area contributed by atoms with Gasteiger partial charge < -0.3 is 0 Å². The van der Waals surface area contributed by atoms with Gasteiger partial charge in [0, 0.05) is 0 Å². The Morgan fingerprint density at radius 3 is 1.80 bits per heavy atom. The van der Waals surface area contributed by atoms with Crippen molar-refractivity contribution in [2.45, 2.75) is 8.68 Å². The van der Waals surface area contributed by atoms with Crippen LogP contribution in [-0.2, 0) is 0 Å². The fourth-order valence-corrected chi connectivity index (χ4v) is 9.35. The Bertz CT molecular complexity index is 489. The number of aromatic nitrogens is 4. The Kier molecular flexibility index (Phi) is 4.84. The lowest BCUT2D eigenvalue weighted by Crippen LogP contribution is -1.78. The first-order chi connectivity index (χ1) is 7.24. The van der Waals surface area contributed by atoms with Gasteiger partial charge in [-0.25, -0.2) is 0 Å². The molecular weight excluding hydrogens is 323 g/mol. The molecule has 77 valence electrons. The lowest BCUT2D eigenvalue weighted by Gasteiger charge is -1.90. The van der Waals surface area contributed by atoms with E-state index in [1.54, 1.807) is 20.3 Å². The summed E-state index contributed by atoms with van der Waals surface area (Å²) < 4.78 is 3.41. The summed E-state index contributed by atoms with van der Waals surface area (Å²) >= 11 is 13.0. The molecule has 0 amide bonds. The number of nitrogens with one attached hydrogen (secondary N) is 2. The molecule has 0 aromatic carbocycles. The Morgan fingerprint density at radius 1 is 1.00 bits per heavy atom. The molecule has 15 heavy (non-hydrogen) atoms. The molecule has 0 saturated heterocycles. The molecule has 2 N–H and O–H groups in total. The molecule has 0 bridgehead atoms. The first-order valence-electron chi connectivity index (χ1n) is 3.50. The molecule has 4 nitrogen and oxygen atoms in total. The molecule has 0 unspecified atom stereocenters. The van der Waals surface area contributed by atoms with Gasteiger partial charge in [0.15, 0.2) is 16.6 Å². The SMILES string of the molecule is S=c1[nH]nc([S][Al][S]c2n[nH]c(=S)s2)s1. The van der Waals surface area contributed by atoms with E-state index in [0.29, 0.717) is 0 Å². The summed E-state index contributed by atoms with van der Waals surface area (Å²) in [6.07, 6.45) is 0. The van der Waals surface area contributed by atoms with Crippen LogP contribution in [0.3, 0.4) is 0 Å². The second-order valence-corrected chi connectivity index (χ2v) is 11.1. The van der Waals surface area contributed by atoms with Crippen LogP contribution < -0.4 is 0 Å². The van der Waals surface area contributed by atoms with Gasteiger partial charge in [-0.05, 0) is 24.4 Å². The van der Waals surface area contributed by atoms with Gasteiger partial charge in [-0.1, -0.05) is 22.7 Å². The molecule has 0 aliphatic heterocycles. The molecule has 11 heteroatoms. The summed E-state index contributed by atoms with van der Waals surface area (Å²) in [5.74, 6) is 0. The van der Waals surface area contributed by atoms with E-state index in [2.05, 4.69) is 20.4 Å². The van der Waals surface area contributed by atoms with Crippen molar-refractivity contribution < 1.29 is 0 Å². The van der Waals surface area contributed by atoms with Crippen molar-refractivity contribution in [1.29, 1.82) is 0 Å². The zero-order valence-corrected chi connectivity index (χ0v) is 13.0. The molecule has 2 aromatic rings. The molecule has 0 fully saturated rings. The number of aromatic amines is 2. The van der Waals surface area contributed by atoms with E-state index in [1.165, 1.54) is 22.7 Å². The number of H-pyrrole nitrogens is 2. The third-order valence-electron chi connectivity index (χ3n) is 1.13. The summed E-state index contributed by atoms with van der Waals surface area (Å²) in [4.78, 5) is 0. The summed E-state index contributed by atoms with van der Waals surface area (Å²) in [5.41, 5.74) is 0. The van der Waals surface area contributed by atoms with E-state index in [-0.39, 0.29) is 13.0 Å². The van der Waals surface area contributed by atoms with Crippen molar-refractivity contribution in [3.63, 3.8) is 0 Å². The third kappa shape index (κ3) is 3.94. The van der Waals surface area contributed by atoms with Crippen molar-refractivity contribution in [3.8, 4) is 0 Å². The smallest absolute Gasteiger partial charge is 0.257 e. The fourth-order valence-electron chi connectivity index (χ4n) is 0.640. The van der Waals surface area contributed by atoms with Crippen molar-refractivity contribution in [2.75, 3.05) is 0 Å². The minimum atomic E-state index is 0.124. The highest BCUT2D eigenvalue weighted by molar-refractivity contribution is 8.51. The van der Waals surface area contributed by atoms with Crippen LogP contribution in [0.4, 0.5) is 0 Å². The topological polar surface area (TPSA) is 57.4 Å². The average Bonchev–Trinajstić information content (AvgIpc) is 2.76. The van der Waals surface area contributed by atoms with Gasteiger partial charge in [-0.15, -0.1) is 0 Å². The van der Waals surface area contributed by atoms with Crippen LogP contribution in [0.2, 0.25) is 0 Å².